The zero-order chi connectivity index (χ0) is 16.4. The lowest BCUT2D eigenvalue weighted by Crippen LogP contribution is -2.19. The molecule has 0 saturated heterocycles. The van der Waals surface area contributed by atoms with E-state index in [0.29, 0.717) is 6.42 Å². The molecule has 0 spiro atoms. The van der Waals surface area contributed by atoms with Gasteiger partial charge in [0.2, 0.25) is 5.91 Å². The Labute approximate surface area is 137 Å². The molecule has 3 rings (SSSR count). The lowest BCUT2D eigenvalue weighted by molar-refractivity contribution is -0.115. The molecule has 0 aromatic heterocycles. The van der Waals surface area contributed by atoms with Crippen LogP contribution in [0.4, 0.5) is 5.69 Å². The van der Waals surface area contributed by atoms with Crippen molar-refractivity contribution in [2.24, 2.45) is 0 Å². The minimum absolute atomic E-state index is 0.00518. The van der Waals surface area contributed by atoms with E-state index in [0.717, 1.165) is 35.6 Å². The van der Waals surface area contributed by atoms with Gasteiger partial charge in [-0.25, -0.2) is 0 Å². The highest BCUT2D eigenvalue weighted by Gasteiger charge is 2.19. The van der Waals surface area contributed by atoms with Crippen molar-refractivity contribution in [3.05, 3.63) is 59.2 Å². The fourth-order valence-corrected chi connectivity index (χ4v) is 2.98. The summed E-state index contributed by atoms with van der Waals surface area (Å²) in [6.07, 6.45) is 1.31. The lowest BCUT2D eigenvalue weighted by atomic mass is 9.86. The highest BCUT2D eigenvalue weighted by atomic mass is 16.5. The van der Waals surface area contributed by atoms with E-state index in [-0.39, 0.29) is 11.3 Å². The Morgan fingerprint density at radius 3 is 2.74 bits per heavy atom. The molecule has 0 bridgehead atoms. The molecule has 0 fully saturated rings. The second-order valence-corrected chi connectivity index (χ2v) is 7.06. The zero-order valence-corrected chi connectivity index (χ0v) is 14.0. The van der Waals surface area contributed by atoms with Gasteiger partial charge < -0.3 is 10.1 Å². The molecule has 1 amide bonds. The molecule has 3 nitrogen and oxygen atoms in total. The molecule has 1 heterocycles. The fourth-order valence-electron chi connectivity index (χ4n) is 2.98. The van der Waals surface area contributed by atoms with Gasteiger partial charge in [-0.05, 0) is 34.2 Å². The molecule has 0 aliphatic carbocycles. The molecule has 2 aromatic rings. The maximum absolute atomic E-state index is 12.4. The van der Waals surface area contributed by atoms with Crippen molar-refractivity contribution < 1.29 is 9.53 Å². The summed E-state index contributed by atoms with van der Waals surface area (Å²) in [5, 5.41) is 3.06. The van der Waals surface area contributed by atoms with E-state index in [2.05, 4.69) is 38.2 Å². The third-order valence-corrected chi connectivity index (χ3v) is 4.13. The monoisotopic (exact) mass is 309 g/mol. The Bertz CT molecular complexity index is 729. The van der Waals surface area contributed by atoms with Crippen LogP contribution in [0.2, 0.25) is 0 Å². The molecule has 0 unspecified atom stereocenters. The first-order chi connectivity index (χ1) is 10.9. The predicted octanol–water partition coefficient (Wildman–Crippen LogP) is 4.10. The van der Waals surface area contributed by atoms with Gasteiger partial charge in [0, 0.05) is 12.1 Å². The molecule has 1 N–H and O–H groups in total. The van der Waals surface area contributed by atoms with Crippen molar-refractivity contribution in [3.8, 4) is 5.75 Å². The highest BCUT2D eigenvalue weighted by molar-refractivity contribution is 5.93. The van der Waals surface area contributed by atoms with Crippen LogP contribution in [0.15, 0.2) is 42.5 Å². The molecule has 0 saturated carbocycles. The number of hydrogen-bond acceptors (Lipinski definition) is 2. The fraction of sp³-hybridized carbons (Fsp3) is 0.350. The Kier molecular flexibility index (Phi) is 4.12. The largest absolute Gasteiger partial charge is 0.493 e. The number of benzene rings is 2. The summed E-state index contributed by atoms with van der Waals surface area (Å²) in [7, 11) is 0. The second kappa shape index (κ2) is 6.07. The first-order valence-corrected chi connectivity index (χ1v) is 8.07. The Morgan fingerprint density at radius 2 is 1.96 bits per heavy atom. The first kappa shape index (κ1) is 15.6. The topological polar surface area (TPSA) is 38.3 Å². The summed E-state index contributed by atoms with van der Waals surface area (Å²) in [4.78, 5) is 12.4. The van der Waals surface area contributed by atoms with Crippen LogP contribution < -0.4 is 10.1 Å². The van der Waals surface area contributed by atoms with Gasteiger partial charge in [-0.1, -0.05) is 51.1 Å². The van der Waals surface area contributed by atoms with E-state index in [1.807, 2.05) is 30.3 Å². The number of carbonyl (C=O) groups is 1. The van der Waals surface area contributed by atoms with Gasteiger partial charge in [-0.15, -0.1) is 0 Å². The molecule has 1 aliphatic heterocycles. The normalized spacial score (nSPS) is 13.3. The number of anilines is 1. The van der Waals surface area contributed by atoms with Crippen molar-refractivity contribution >= 4 is 11.6 Å². The Hall–Kier alpha value is -2.29. The summed E-state index contributed by atoms with van der Waals surface area (Å²) in [5.41, 5.74) is 4.27. The number of rotatable bonds is 3. The maximum Gasteiger partial charge on any atom is 0.228 e. The molecule has 0 radical (unpaired) electrons. The summed E-state index contributed by atoms with van der Waals surface area (Å²) >= 11 is 0. The maximum atomic E-state index is 12.4. The van der Waals surface area contributed by atoms with Crippen LogP contribution in [0.25, 0.3) is 0 Å². The number of nitrogens with one attached hydrogen (secondary N) is 1. The number of fused-ring (bicyclic) bond motifs is 1. The minimum atomic E-state index is -0.00518. The molecule has 0 atom stereocenters. The highest BCUT2D eigenvalue weighted by Crippen LogP contribution is 2.30. The van der Waals surface area contributed by atoms with Crippen LogP contribution in [0, 0.1) is 0 Å². The number of ether oxygens (including phenoxy) is 1. The van der Waals surface area contributed by atoms with Crippen molar-refractivity contribution in [1.29, 1.82) is 0 Å². The van der Waals surface area contributed by atoms with Crippen molar-refractivity contribution in [2.75, 3.05) is 11.9 Å². The lowest BCUT2D eigenvalue weighted by Gasteiger charge is -2.23. The molecular weight excluding hydrogens is 286 g/mol. The standard InChI is InChI=1S/C20H23NO2/c1-20(2,3)16-6-4-5-7-17(16)21-19(22)13-14-8-9-18-15(12-14)10-11-23-18/h4-9,12H,10-11,13H2,1-3H3,(H,21,22). The molecule has 3 heteroatoms. The van der Waals surface area contributed by atoms with Gasteiger partial charge in [0.1, 0.15) is 5.75 Å². The van der Waals surface area contributed by atoms with Crippen molar-refractivity contribution in [1.82, 2.24) is 0 Å². The van der Waals surface area contributed by atoms with Crippen molar-refractivity contribution in [2.45, 2.75) is 39.0 Å². The van der Waals surface area contributed by atoms with Crippen LogP contribution in [0.1, 0.15) is 37.5 Å². The molecular formula is C20H23NO2. The third kappa shape index (κ3) is 3.55. The number of hydrogen-bond donors (Lipinski definition) is 1. The van der Waals surface area contributed by atoms with Crippen LogP contribution in [-0.2, 0) is 23.1 Å². The van der Waals surface area contributed by atoms with Crippen LogP contribution in [0.5, 0.6) is 5.75 Å². The Balaban J connectivity index is 1.73. The van der Waals surface area contributed by atoms with E-state index in [1.54, 1.807) is 0 Å². The van der Waals surface area contributed by atoms with E-state index >= 15 is 0 Å². The summed E-state index contributed by atoms with van der Waals surface area (Å²) in [5.74, 6) is 0.966. The second-order valence-electron chi connectivity index (χ2n) is 7.06. The summed E-state index contributed by atoms with van der Waals surface area (Å²) in [6, 6.07) is 14.0. The van der Waals surface area contributed by atoms with E-state index in [9.17, 15) is 4.79 Å². The third-order valence-electron chi connectivity index (χ3n) is 4.13. The average molecular weight is 309 g/mol. The molecule has 1 aliphatic rings. The molecule has 23 heavy (non-hydrogen) atoms. The van der Waals surface area contributed by atoms with Gasteiger partial charge in [0.05, 0.1) is 13.0 Å². The number of amides is 1. The minimum Gasteiger partial charge on any atom is -0.493 e. The summed E-state index contributed by atoms with van der Waals surface area (Å²) < 4.78 is 5.51. The van der Waals surface area contributed by atoms with Gasteiger partial charge >= 0.3 is 0 Å². The predicted molar refractivity (Wildman–Crippen MR) is 93.1 cm³/mol. The van der Waals surface area contributed by atoms with Crippen LogP contribution in [-0.4, -0.2) is 12.5 Å². The van der Waals surface area contributed by atoms with Crippen LogP contribution >= 0.6 is 0 Å². The zero-order valence-electron chi connectivity index (χ0n) is 14.0. The number of para-hydroxylation sites is 1. The van der Waals surface area contributed by atoms with Crippen LogP contribution in [0.3, 0.4) is 0 Å². The number of carbonyl (C=O) groups excluding carboxylic acids is 1. The van der Waals surface area contributed by atoms with Gasteiger partial charge in [0.25, 0.3) is 0 Å². The van der Waals surface area contributed by atoms with Gasteiger partial charge in [0.15, 0.2) is 0 Å². The summed E-state index contributed by atoms with van der Waals surface area (Å²) in [6.45, 7) is 7.19. The van der Waals surface area contributed by atoms with Gasteiger partial charge in [-0.3, -0.25) is 4.79 Å². The Morgan fingerprint density at radius 1 is 1.17 bits per heavy atom. The van der Waals surface area contributed by atoms with Crippen molar-refractivity contribution in [3.63, 3.8) is 0 Å². The first-order valence-electron chi connectivity index (χ1n) is 8.07. The SMILES string of the molecule is CC(C)(C)c1ccccc1NC(=O)Cc1ccc2c(c1)CCO2. The smallest absolute Gasteiger partial charge is 0.228 e. The van der Waals surface area contributed by atoms with Gasteiger partial charge in [-0.2, -0.15) is 0 Å². The quantitative estimate of drug-likeness (QED) is 0.927. The molecule has 120 valence electrons. The molecule has 2 aromatic carbocycles. The average Bonchev–Trinajstić information content (AvgIpc) is 2.94. The van der Waals surface area contributed by atoms with E-state index in [1.165, 1.54) is 5.56 Å². The van der Waals surface area contributed by atoms with E-state index < -0.39 is 0 Å². The van der Waals surface area contributed by atoms with E-state index in [4.69, 9.17) is 4.74 Å².